The van der Waals surface area contributed by atoms with Crippen LogP contribution in [0.5, 0.6) is 0 Å². The molecule has 2 unspecified atom stereocenters. The third-order valence-corrected chi connectivity index (χ3v) is 3.42. The number of anilines is 1. The minimum absolute atomic E-state index is 0.0157. The third-order valence-electron chi connectivity index (χ3n) is 3.42. The van der Waals surface area contributed by atoms with E-state index in [0.29, 0.717) is 13.0 Å². The van der Waals surface area contributed by atoms with Crippen molar-refractivity contribution in [3.63, 3.8) is 0 Å². The van der Waals surface area contributed by atoms with E-state index in [2.05, 4.69) is 17.1 Å². The maximum absolute atomic E-state index is 13.4. The fraction of sp³-hybridized carbons (Fsp3) is 0.500. The van der Waals surface area contributed by atoms with Crippen molar-refractivity contribution < 1.29 is 13.9 Å². The Morgan fingerprint density at radius 3 is 3.00 bits per heavy atom. The molecule has 1 aliphatic heterocycles. The average molecular weight is 266 g/mol. The van der Waals surface area contributed by atoms with E-state index in [1.54, 1.807) is 6.07 Å². The van der Waals surface area contributed by atoms with Crippen LogP contribution in [0.3, 0.4) is 0 Å². The minimum Gasteiger partial charge on any atom is -0.469 e. The first-order valence-corrected chi connectivity index (χ1v) is 6.43. The van der Waals surface area contributed by atoms with Gasteiger partial charge >= 0.3 is 5.97 Å². The fourth-order valence-electron chi connectivity index (χ4n) is 2.56. The number of nitrogens with zero attached hydrogens (tertiary/aromatic N) is 1. The smallest absolute Gasteiger partial charge is 0.307 e. The van der Waals surface area contributed by atoms with Crippen LogP contribution in [0.15, 0.2) is 24.3 Å². The molecule has 1 aliphatic rings. The van der Waals surface area contributed by atoms with E-state index in [9.17, 15) is 9.18 Å². The zero-order valence-corrected chi connectivity index (χ0v) is 11.2. The van der Waals surface area contributed by atoms with Crippen LogP contribution in [0, 0.1) is 5.82 Å². The minimum atomic E-state index is -0.264. The van der Waals surface area contributed by atoms with Gasteiger partial charge in [-0.15, -0.1) is 0 Å². The average Bonchev–Trinajstić information content (AvgIpc) is 2.38. The highest BCUT2D eigenvalue weighted by molar-refractivity contribution is 5.71. The van der Waals surface area contributed by atoms with Crippen molar-refractivity contribution in [3.05, 3.63) is 30.1 Å². The second-order valence-electron chi connectivity index (χ2n) is 4.83. The maximum Gasteiger partial charge on any atom is 0.307 e. The number of piperazine rings is 1. The van der Waals surface area contributed by atoms with Crippen molar-refractivity contribution in [1.82, 2.24) is 5.32 Å². The number of methoxy groups -OCH3 is 1. The summed E-state index contributed by atoms with van der Waals surface area (Å²) in [6, 6.07) is 6.67. The Labute approximate surface area is 112 Å². The Bertz CT molecular complexity index is 453. The van der Waals surface area contributed by atoms with Crippen LogP contribution in [0.25, 0.3) is 0 Å². The molecule has 0 saturated carbocycles. The highest BCUT2D eigenvalue weighted by Crippen LogP contribution is 2.24. The highest BCUT2D eigenvalue weighted by Gasteiger charge is 2.29. The van der Waals surface area contributed by atoms with Crippen LogP contribution in [0.4, 0.5) is 10.1 Å². The Morgan fingerprint density at radius 1 is 1.53 bits per heavy atom. The van der Waals surface area contributed by atoms with Crippen molar-refractivity contribution in [2.45, 2.75) is 25.4 Å². The number of hydrogen-bond donors (Lipinski definition) is 1. The molecule has 1 aromatic carbocycles. The molecule has 0 bridgehead atoms. The molecule has 2 atom stereocenters. The first-order chi connectivity index (χ1) is 9.11. The van der Waals surface area contributed by atoms with Crippen LogP contribution in [0.1, 0.15) is 13.3 Å². The van der Waals surface area contributed by atoms with E-state index in [-0.39, 0.29) is 23.9 Å². The molecule has 104 valence electrons. The lowest BCUT2D eigenvalue weighted by Gasteiger charge is -2.42. The van der Waals surface area contributed by atoms with Crippen molar-refractivity contribution in [1.29, 1.82) is 0 Å². The van der Waals surface area contributed by atoms with E-state index >= 15 is 0 Å². The quantitative estimate of drug-likeness (QED) is 0.843. The number of rotatable bonds is 3. The number of carbonyl (C=O) groups is 1. The topological polar surface area (TPSA) is 41.6 Å². The molecule has 1 fully saturated rings. The Balaban J connectivity index is 2.23. The lowest BCUT2D eigenvalue weighted by molar-refractivity contribution is -0.141. The van der Waals surface area contributed by atoms with Gasteiger partial charge in [-0.3, -0.25) is 4.79 Å². The third kappa shape index (κ3) is 3.23. The van der Waals surface area contributed by atoms with E-state index in [4.69, 9.17) is 4.74 Å². The standard InChI is InChI=1S/C14H19FN2O2/c1-10-8-16-9-13(7-14(18)19-2)17(10)12-5-3-4-11(15)6-12/h3-6,10,13,16H,7-9H2,1-2H3. The molecule has 0 radical (unpaired) electrons. The normalized spacial score (nSPS) is 23.2. The summed E-state index contributed by atoms with van der Waals surface area (Å²) in [5.74, 6) is -0.512. The van der Waals surface area contributed by atoms with Crippen LogP contribution in [-0.4, -0.2) is 38.3 Å². The number of benzene rings is 1. The summed E-state index contributed by atoms with van der Waals surface area (Å²) in [5, 5.41) is 3.29. The summed E-state index contributed by atoms with van der Waals surface area (Å²) in [6.07, 6.45) is 0.296. The van der Waals surface area contributed by atoms with Crippen molar-refractivity contribution in [3.8, 4) is 0 Å². The summed E-state index contributed by atoms with van der Waals surface area (Å²) in [7, 11) is 1.38. The van der Waals surface area contributed by atoms with Gasteiger partial charge in [-0.1, -0.05) is 6.07 Å². The molecule has 0 aromatic heterocycles. The van der Waals surface area contributed by atoms with Gasteiger partial charge < -0.3 is 15.0 Å². The molecule has 1 aromatic rings. The lowest BCUT2D eigenvalue weighted by Crippen LogP contribution is -2.57. The largest absolute Gasteiger partial charge is 0.469 e. The molecule has 1 N–H and O–H groups in total. The molecule has 2 rings (SSSR count). The molecule has 0 spiro atoms. The van der Waals surface area contributed by atoms with Gasteiger partial charge in [-0.05, 0) is 25.1 Å². The molecule has 5 heteroatoms. The molecule has 19 heavy (non-hydrogen) atoms. The second kappa shape index (κ2) is 6.02. The number of nitrogens with one attached hydrogen (secondary N) is 1. The summed E-state index contributed by atoms with van der Waals surface area (Å²) >= 11 is 0. The molecule has 0 aliphatic carbocycles. The second-order valence-corrected chi connectivity index (χ2v) is 4.83. The molecular formula is C14H19FN2O2. The maximum atomic E-state index is 13.4. The Morgan fingerprint density at radius 2 is 2.32 bits per heavy atom. The highest BCUT2D eigenvalue weighted by atomic mass is 19.1. The predicted octanol–water partition coefficient (Wildman–Crippen LogP) is 1.56. The molecule has 4 nitrogen and oxygen atoms in total. The van der Waals surface area contributed by atoms with Crippen LogP contribution >= 0.6 is 0 Å². The number of esters is 1. The van der Waals surface area contributed by atoms with Gasteiger partial charge in [0, 0.05) is 24.8 Å². The Kier molecular flexibility index (Phi) is 4.37. The monoisotopic (exact) mass is 266 g/mol. The first kappa shape index (κ1) is 13.8. The predicted molar refractivity (Wildman–Crippen MR) is 71.6 cm³/mol. The lowest BCUT2D eigenvalue weighted by atomic mass is 10.0. The number of ether oxygens (including phenoxy) is 1. The van der Waals surface area contributed by atoms with E-state index in [1.165, 1.54) is 19.2 Å². The SMILES string of the molecule is COC(=O)CC1CNCC(C)N1c1cccc(F)c1. The van der Waals surface area contributed by atoms with Crippen molar-refractivity contribution in [2.75, 3.05) is 25.1 Å². The molecular weight excluding hydrogens is 247 g/mol. The van der Waals surface area contributed by atoms with Crippen LogP contribution < -0.4 is 10.2 Å². The summed E-state index contributed by atoms with van der Waals surface area (Å²) in [4.78, 5) is 13.6. The number of carbonyl (C=O) groups excluding carboxylic acids is 1. The fourth-order valence-corrected chi connectivity index (χ4v) is 2.56. The van der Waals surface area contributed by atoms with E-state index < -0.39 is 0 Å². The Hall–Kier alpha value is -1.62. The zero-order valence-electron chi connectivity index (χ0n) is 11.2. The van der Waals surface area contributed by atoms with Crippen LogP contribution in [-0.2, 0) is 9.53 Å². The number of halogens is 1. The summed E-state index contributed by atoms with van der Waals surface area (Å²) in [6.45, 7) is 3.56. The van der Waals surface area contributed by atoms with Gasteiger partial charge in [-0.25, -0.2) is 4.39 Å². The van der Waals surface area contributed by atoms with Crippen molar-refractivity contribution in [2.24, 2.45) is 0 Å². The van der Waals surface area contributed by atoms with E-state index in [0.717, 1.165) is 12.2 Å². The van der Waals surface area contributed by atoms with Gasteiger partial charge in [0.1, 0.15) is 5.82 Å². The molecule has 1 heterocycles. The van der Waals surface area contributed by atoms with Gasteiger partial charge in [0.25, 0.3) is 0 Å². The van der Waals surface area contributed by atoms with Crippen molar-refractivity contribution >= 4 is 11.7 Å². The van der Waals surface area contributed by atoms with E-state index in [1.807, 2.05) is 6.07 Å². The van der Waals surface area contributed by atoms with Gasteiger partial charge in [0.2, 0.25) is 0 Å². The summed E-state index contributed by atoms with van der Waals surface area (Å²) < 4.78 is 18.1. The first-order valence-electron chi connectivity index (χ1n) is 6.43. The van der Waals surface area contributed by atoms with Gasteiger partial charge in [-0.2, -0.15) is 0 Å². The zero-order chi connectivity index (χ0) is 13.8. The van der Waals surface area contributed by atoms with Gasteiger partial charge in [0.15, 0.2) is 0 Å². The number of hydrogen-bond acceptors (Lipinski definition) is 4. The van der Waals surface area contributed by atoms with Crippen LogP contribution in [0.2, 0.25) is 0 Å². The van der Waals surface area contributed by atoms with Gasteiger partial charge in [0.05, 0.1) is 19.6 Å². The summed E-state index contributed by atoms with van der Waals surface area (Å²) in [5.41, 5.74) is 0.808. The molecule has 0 amide bonds. The molecule has 1 saturated heterocycles.